The third kappa shape index (κ3) is 3.18. The highest BCUT2D eigenvalue weighted by molar-refractivity contribution is 6.05. The van der Waals surface area contributed by atoms with Gasteiger partial charge < -0.3 is 9.15 Å². The van der Waals surface area contributed by atoms with E-state index in [0.717, 1.165) is 10.8 Å². The van der Waals surface area contributed by atoms with Gasteiger partial charge in [-0.15, -0.1) is 0 Å². The monoisotopic (exact) mass is 311 g/mol. The molecule has 0 bridgehead atoms. The van der Waals surface area contributed by atoms with Crippen molar-refractivity contribution in [2.75, 3.05) is 5.32 Å². The highest BCUT2D eigenvalue weighted by Gasteiger charge is 2.16. The number of hydrogen-bond donors (Lipinski definition) is 1. The molecule has 1 N–H and O–H groups in total. The molecule has 3 rings (SSSR count). The molecule has 1 heterocycles. The molecule has 0 fully saturated rings. The van der Waals surface area contributed by atoms with Gasteiger partial charge in [0.25, 0.3) is 0 Å². The van der Waals surface area contributed by atoms with Gasteiger partial charge in [-0.25, -0.2) is 9.59 Å². The van der Waals surface area contributed by atoms with Crippen LogP contribution in [0, 0.1) is 0 Å². The largest absolute Gasteiger partial charge is 0.444 e. The van der Waals surface area contributed by atoms with Crippen LogP contribution in [0.15, 0.2) is 51.7 Å². The van der Waals surface area contributed by atoms with Crippen molar-refractivity contribution in [2.24, 2.45) is 0 Å². The van der Waals surface area contributed by atoms with Gasteiger partial charge >= 0.3 is 11.7 Å². The summed E-state index contributed by atoms with van der Waals surface area (Å²) in [5, 5.41) is 4.81. The Balaban J connectivity index is 2.01. The van der Waals surface area contributed by atoms with Crippen LogP contribution in [0.5, 0.6) is 0 Å². The summed E-state index contributed by atoms with van der Waals surface area (Å²) in [5.41, 5.74) is -0.0566. The van der Waals surface area contributed by atoms with E-state index in [1.54, 1.807) is 45.0 Å². The number of carbonyl (C=O) groups excluding carboxylic acids is 1. The molecular formula is C18H17NO4. The first kappa shape index (κ1) is 15.1. The van der Waals surface area contributed by atoms with Gasteiger partial charge in [-0.3, -0.25) is 5.32 Å². The maximum atomic E-state index is 12.0. The number of rotatable bonds is 1. The zero-order valence-corrected chi connectivity index (χ0v) is 13.2. The fourth-order valence-corrected chi connectivity index (χ4v) is 2.38. The summed E-state index contributed by atoms with van der Waals surface area (Å²) < 4.78 is 10.6. The molecule has 5 nitrogen and oxygen atoms in total. The predicted octanol–water partition coefficient (Wildman–Crippen LogP) is 4.29. The highest BCUT2D eigenvalue weighted by Crippen LogP contribution is 2.25. The lowest BCUT2D eigenvalue weighted by Gasteiger charge is -2.19. The molecule has 118 valence electrons. The van der Waals surface area contributed by atoms with Crippen molar-refractivity contribution >= 4 is 33.5 Å². The molecule has 0 saturated heterocycles. The van der Waals surface area contributed by atoms with E-state index in [0.29, 0.717) is 16.7 Å². The lowest BCUT2D eigenvalue weighted by atomic mass is 10.1. The standard InChI is InChI=1S/C18H17NO4/c1-18(2,3)23-17(21)19-11-8-9-13-12-6-4-5-7-14(12)16(20)22-15(13)10-11/h4-10H,1-3H3,(H,19,21). The number of fused-ring (bicyclic) bond motifs is 3. The summed E-state index contributed by atoms with van der Waals surface area (Å²) in [6.45, 7) is 5.37. The van der Waals surface area contributed by atoms with Crippen molar-refractivity contribution in [1.29, 1.82) is 0 Å². The SMILES string of the molecule is CC(C)(C)OC(=O)Nc1ccc2c(c1)oc(=O)c1ccccc12. The normalized spacial score (nSPS) is 11.6. The smallest absolute Gasteiger partial charge is 0.412 e. The number of anilines is 1. The van der Waals surface area contributed by atoms with E-state index in [4.69, 9.17) is 9.15 Å². The third-order valence-corrected chi connectivity index (χ3v) is 3.27. The van der Waals surface area contributed by atoms with Crippen molar-refractivity contribution in [3.8, 4) is 0 Å². The molecule has 0 unspecified atom stereocenters. The van der Waals surface area contributed by atoms with Crippen molar-refractivity contribution < 1.29 is 13.9 Å². The van der Waals surface area contributed by atoms with Gasteiger partial charge in [-0.05, 0) is 44.4 Å². The van der Waals surface area contributed by atoms with E-state index >= 15 is 0 Å². The Bertz CT molecular complexity index is 951. The molecular weight excluding hydrogens is 294 g/mol. The zero-order valence-electron chi connectivity index (χ0n) is 13.2. The van der Waals surface area contributed by atoms with Gasteiger partial charge in [0, 0.05) is 17.1 Å². The second-order valence-corrected chi connectivity index (χ2v) is 6.27. The van der Waals surface area contributed by atoms with Crippen LogP contribution in [0.4, 0.5) is 10.5 Å². The Morgan fingerprint density at radius 3 is 2.43 bits per heavy atom. The van der Waals surface area contributed by atoms with Crippen LogP contribution < -0.4 is 10.9 Å². The Morgan fingerprint density at radius 2 is 1.74 bits per heavy atom. The molecule has 2 aromatic carbocycles. The van der Waals surface area contributed by atoms with Crippen LogP contribution in [-0.2, 0) is 4.74 Å². The summed E-state index contributed by atoms with van der Waals surface area (Å²) in [4.78, 5) is 23.9. The molecule has 0 aliphatic carbocycles. The fourth-order valence-electron chi connectivity index (χ4n) is 2.38. The minimum atomic E-state index is -0.580. The van der Waals surface area contributed by atoms with Gasteiger partial charge in [-0.2, -0.15) is 0 Å². The Hall–Kier alpha value is -2.82. The van der Waals surface area contributed by atoms with Crippen molar-refractivity contribution in [3.05, 3.63) is 52.9 Å². The van der Waals surface area contributed by atoms with Crippen LogP contribution in [0.3, 0.4) is 0 Å². The Labute approximate surface area is 132 Å². The van der Waals surface area contributed by atoms with Gasteiger partial charge in [0.2, 0.25) is 0 Å². The second-order valence-electron chi connectivity index (χ2n) is 6.27. The third-order valence-electron chi connectivity index (χ3n) is 3.27. The Kier molecular flexibility index (Phi) is 3.56. The van der Waals surface area contributed by atoms with Crippen LogP contribution in [0.25, 0.3) is 21.7 Å². The zero-order chi connectivity index (χ0) is 16.6. The van der Waals surface area contributed by atoms with E-state index < -0.39 is 17.3 Å². The van der Waals surface area contributed by atoms with Gasteiger partial charge in [-0.1, -0.05) is 18.2 Å². The average Bonchev–Trinajstić information content (AvgIpc) is 2.45. The number of ether oxygens (including phenoxy) is 1. The molecule has 0 atom stereocenters. The summed E-state index contributed by atoms with van der Waals surface area (Å²) >= 11 is 0. The van der Waals surface area contributed by atoms with E-state index in [1.165, 1.54) is 0 Å². The van der Waals surface area contributed by atoms with E-state index in [9.17, 15) is 9.59 Å². The van der Waals surface area contributed by atoms with Crippen LogP contribution in [0.1, 0.15) is 20.8 Å². The molecule has 0 saturated carbocycles. The van der Waals surface area contributed by atoms with E-state index in [2.05, 4.69) is 5.32 Å². The maximum Gasteiger partial charge on any atom is 0.412 e. The quantitative estimate of drug-likeness (QED) is 0.537. The molecule has 0 radical (unpaired) electrons. The molecule has 1 amide bonds. The minimum Gasteiger partial charge on any atom is -0.444 e. The minimum absolute atomic E-state index is 0.400. The van der Waals surface area contributed by atoms with Crippen LogP contribution in [-0.4, -0.2) is 11.7 Å². The number of hydrogen-bond acceptors (Lipinski definition) is 4. The fraction of sp³-hybridized carbons (Fsp3) is 0.222. The summed E-state index contributed by atoms with van der Waals surface area (Å²) in [7, 11) is 0. The first-order chi connectivity index (χ1) is 10.8. The Morgan fingerprint density at radius 1 is 1.04 bits per heavy atom. The highest BCUT2D eigenvalue weighted by atomic mass is 16.6. The average molecular weight is 311 g/mol. The molecule has 0 aliphatic heterocycles. The van der Waals surface area contributed by atoms with Crippen molar-refractivity contribution in [1.82, 2.24) is 0 Å². The maximum absolute atomic E-state index is 12.0. The van der Waals surface area contributed by atoms with Gasteiger partial charge in [0.05, 0.1) is 5.39 Å². The molecule has 0 aliphatic rings. The number of benzene rings is 2. The van der Waals surface area contributed by atoms with Gasteiger partial charge in [0.1, 0.15) is 11.2 Å². The lowest BCUT2D eigenvalue weighted by molar-refractivity contribution is 0.0636. The first-order valence-electron chi connectivity index (χ1n) is 7.29. The number of amides is 1. The van der Waals surface area contributed by atoms with Crippen molar-refractivity contribution in [2.45, 2.75) is 26.4 Å². The molecule has 0 spiro atoms. The number of carbonyl (C=O) groups is 1. The molecule has 23 heavy (non-hydrogen) atoms. The molecule has 1 aromatic heterocycles. The van der Waals surface area contributed by atoms with E-state index in [-0.39, 0.29) is 0 Å². The second kappa shape index (κ2) is 5.43. The summed E-state index contributed by atoms with van der Waals surface area (Å²) in [5.74, 6) is 0. The predicted molar refractivity (Wildman–Crippen MR) is 89.8 cm³/mol. The summed E-state index contributed by atoms with van der Waals surface area (Å²) in [6, 6.07) is 12.4. The first-order valence-corrected chi connectivity index (χ1v) is 7.29. The number of nitrogens with one attached hydrogen (secondary N) is 1. The van der Waals surface area contributed by atoms with Crippen LogP contribution in [0.2, 0.25) is 0 Å². The van der Waals surface area contributed by atoms with E-state index in [1.807, 2.05) is 18.2 Å². The summed E-state index contributed by atoms with van der Waals surface area (Å²) in [6.07, 6.45) is -0.556. The van der Waals surface area contributed by atoms with Crippen molar-refractivity contribution in [3.63, 3.8) is 0 Å². The lowest BCUT2D eigenvalue weighted by Crippen LogP contribution is -2.27. The van der Waals surface area contributed by atoms with Crippen LogP contribution >= 0.6 is 0 Å². The molecule has 3 aromatic rings. The van der Waals surface area contributed by atoms with Gasteiger partial charge in [0.15, 0.2) is 0 Å². The topological polar surface area (TPSA) is 68.5 Å². The molecule has 5 heteroatoms.